The van der Waals surface area contributed by atoms with E-state index in [1.807, 2.05) is 24.3 Å². The second kappa shape index (κ2) is 7.92. The number of halogens is 1. The molecule has 146 valence electrons. The number of nitrogens with zero attached hydrogens (tertiary/aromatic N) is 2. The van der Waals surface area contributed by atoms with Gasteiger partial charge in [0.2, 0.25) is 5.78 Å². The Bertz CT molecular complexity index is 1200. The van der Waals surface area contributed by atoms with E-state index in [0.717, 1.165) is 26.8 Å². The minimum Gasteiger partial charge on any atom is -0.451 e. The van der Waals surface area contributed by atoms with Crippen LogP contribution in [0.25, 0.3) is 11.0 Å². The second-order valence-corrected chi connectivity index (χ2v) is 7.45. The van der Waals surface area contributed by atoms with Crippen molar-refractivity contribution in [1.29, 1.82) is 0 Å². The number of benzene rings is 1. The molecule has 0 fully saturated rings. The lowest BCUT2D eigenvalue weighted by Crippen LogP contribution is -2.08. The predicted molar refractivity (Wildman–Crippen MR) is 117 cm³/mol. The molecular weight excluding hydrogens is 434 g/mol. The molecule has 0 saturated heterocycles. The smallest absolute Gasteiger partial charge is 0.204 e. The normalized spacial score (nSPS) is 10.9. The van der Waals surface area contributed by atoms with Gasteiger partial charge in [-0.15, -0.1) is 0 Å². The monoisotopic (exact) mass is 451 g/mol. The van der Waals surface area contributed by atoms with E-state index in [1.54, 1.807) is 30.6 Å². The molecule has 0 aliphatic heterocycles. The fraction of sp³-hybridized carbons (Fsp3) is 0.0952. The zero-order chi connectivity index (χ0) is 20.4. The summed E-state index contributed by atoms with van der Waals surface area (Å²) in [6.07, 6.45) is 3.47. The number of pyridine rings is 2. The lowest BCUT2D eigenvalue weighted by Gasteiger charge is -2.08. The van der Waals surface area contributed by atoms with E-state index in [-0.39, 0.29) is 18.0 Å². The highest BCUT2D eigenvalue weighted by molar-refractivity contribution is 9.10. The van der Waals surface area contributed by atoms with Crippen molar-refractivity contribution in [2.75, 3.05) is 16.8 Å². The first-order chi connectivity index (χ1) is 14.0. The van der Waals surface area contributed by atoms with Gasteiger partial charge >= 0.3 is 0 Å². The van der Waals surface area contributed by atoms with E-state index in [1.165, 1.54) is 0 Å². The van der Waals surface area contributed by atoms with Crippen molar-refractivity contribution < 1.29 is 9.21 Å². The van der Waals surface area contributed by atoms with Crippen LogP contribution in [0.5, 0.6) is 0 Å². The molecule has 0 aliphatic carbocycles. The Morgan fingerprint density at radius 1 is 1.10 bits per heavy atom. The zero-order valence-corrected chi connectivity index (χ0v) is 16.9. The molecule has 0 unspecified atom stereocenters. The first kappa shape index (κ1) is 18.9. The average Bonchev–Trinajstić information content (AvgIpc) is 3.04. The Balaban J connectivity index is 1.50. The summed E-state index contributed by atoms with van der Waals surface area (Å²) >= 11 is 3.40. The lowest BCUT2D eigenvalue weighted by molar-refractivity contribution is 0.0969. The number of fused-ring (bicyclic) bond motifs is 1. The quantitative estimate of drug-likeness (QED) is 0.375. The molecule has 0 amide bonds. The summed E-state index contributed by atoms with van der Waals surface area (Å²) in [5.41, 5.74) is 15.3. The van der Waals surface area contributed by atoms with Crippen molar-refractivity contribution >= 4 is 49.9 Å². The SMILES string of the molecule is Nc1ncccc1NCc1cc(CC(=O)c2oc3ccc(Br)cc3c2N)ccn1. The van der Waals surface area contributed by atoms with Crippen LogP contribution in [0.1, 0.15) is 21.8 Å². The Hall–Kier alpha value is -3.39. The van der Waals surface area contributed by atoms with Gasteiger partial charge in [-0.05, 0) is 48.0 Å². The maximum atomic E-state index is 12.8. The number of anilines is 3. The maximum Gasteiger partial charge on any atom is 0.204 e. The topological polar surface area (TPSA) is 120 Å². The molecule has 5 N–H and O–H groups in total. The van der Waals surface area contributed by atoms with Crippen LogP contribution in [-0.4, -0.2) is 15.8 Å². The van der Waals surface area contributed by atoms with E-state index in [4.69, 9.17) is 15.9 Å². The minimum atomic E-state index is -0.184. The van der Waals surface area contributed by atoms with Crippen LogP contribution in [0.4, 0.5) is 17.2 Å². The molecule has 1 aromatic carbocycles. The molecule has 3 aromatic heterocycles. The molecule has 3 heterocycles. The highest BCUT2D eigenvalue weighted by atomic mass is 79.9. The van der Waals surface area contributed by atoms with Gasteiger partial charge in [-0.25, -0.2) is 4.98 Å². The van der Waals surface area contributed by atoms with Gasteiger partial charge in [-0.2, -0.15) is 0 Å². The number of carbonyl (C=O) groups excluding carboxylic acids is 1. The zero-order valence-electron chi connectivity index (χ0n) is 15.4. The fourth-order valence-corrected chi connectivity index (χ4v) is 3.41. The van der Waals surface area contributed by atoms with Gasteiger partial charge in [0.15, 0.2) is 5.76 Å². The Labute approximate surface area is 175 Å². The van der Waals surface area contributed by atoms with Crippen molar-refractivity contribution in [2.45, 2.75) is 13.0 Å². The molecule has 0 aliphatic rings. The third kappa shape index (κ3) is 4.07. The van der Waals surface area contributed by atoms with Crippen molar-refractivity contribution in [2.24, 2.45) is 0 Å². The average molecular weight is 452 g/mol. The Morgan fingerprint density at radius 2 is 1.97 bits per heavy atom. The number of hydrogen-bond donors (Lipinski definition) is 3. The first-order valence-corrected chi connectivity index (χ1v) is 9.69. The number of rotatable bonds is 6. The van der Waals surface area contributed by atoms with Crippen molar-refractivity contribution in [3.8, 4) is 0 Å². The van der Waals surface area contributed by atoms with E-state index in [0.29, 0.717) is 23.6 Å². The standard InChI is InChI=1S/C21H18BrN5O2/c22-13-3-4-18-15(10-13)19(23)20(29-18)17(28)9-12-5-7-25-14(8-12)11-27-16-2-1-6-26-21(16)24/h1-8,10,27H,9,11,23H2,(H2,24,26). The summed E-state index contributed by atoms with van der Waals surface area (Å²) in [6.45, 7) is 0.457. The summed E-state index contributed by atoms with van der Waals surface area (Å²) in [6, 6.07) is 12.8. The molecule has 4 aromatic rings. The molecule has 0 radical (unpaired) electrons. The first-order valence-electron chi connectivity index (χ1n) is 8.90. The molecule has 7 nitrogen and oxygen atoms in total. The van der Waals surface area contributed by atoms with Crippen molar-refractivity contribution in [3.05, 3.63) is 76.3 Å². The second-order valence-electron chi connectivity index (χ2n) is 6.53. The third-order valence-corrected chi connectivity index (χ3v) is 4.98. The van der Waals surface area contributed by atoms with Crippen molar-refractivity contribution in [1.82, 2.24) is 9.97 Å². The molecule has 0 saturated carbocycles. The summed E-state index contributed by atoms with van der Waals surface area (Å²) in [5, 5.41) is 3.91. The van der Waals surface area contributed by atoms with Crippen molar-refractivity contribution in [3.63, 3.8) is 0 Å². The Kier molecular flexibility index (Phi) is 5.18. The van der Waals surface area contributed by atoms with Crippen LogP contribution in [0.2, 0.25) is 0 Å². The number of nitrogens with one attached hydrogen (secondary N) is 1. The van der Waals surface area contributed by atoms with Crippen LogP contribution in [-0.2, 0) is 13.0 Å². The summed E-state index contributed by atoms with van der Waals surface area (Å²) in [5.74, 6) is 0.417. The highest BCUT2D eigenvalue weighted by Gasteiger charge is 2.19. The fourth-order valence-electron chi connectivity index (χ4n) is 3.05. The molecule has 29 heavy (non-hydrogen) atoms. The van der Waals surface area contributed by atoms with Crippen LogP contribution in [0, 0.1) is 0 Å². The number of Topliss-reactive ketones (excluding diaryl/α,β-unsaturated/α-hetero) is 1. The van der Waals surface area contributed by atoms with Gasteiger partial charge in [-0.3, -0.25) is 9.78 Å². The number of ketones is 1. The third-order valence-electron chi connectivity index (χ3n) is 4.49. The van der Waals surface area contributed by atoms with Crippen LogP contribution in [0.15, 0.2) is 63.7 Å². The van der Waals surface area contributed by atoms with Gasteiger partial charge in [-0.1, -0.05) is 15.9 Å². The molecule has 8 heteroatoms. The van der Waals surface area contributed by atoms with Gasteiger partial charge < -0.3 is 21.2 Å². The number of furan rings is 1. The summed E-state index contributed by atoms with van der Waals surface area (Å²) < 4.78 is 6.56. The van der Waals surface area contributed by atoms with Gasteiger partial charge in [0.25, 0.3) is 0 Å². The van der Waals surface area contributed by atoms with Crippen LogP contribution < -0.4 is 16.8 Å². The van der Waals surface area contributed by atoms with E-state index in [2.05, 4.69) is 31.2 Å². The number of hydrogen-bond acceptors (Lipinski definition) is 7. The highest BCUT2D eigenvalue weighted by Crippen LogP contribution is 2.31. The van der Waals surface area contributed by atoms with Gasteiger partial charge in [0, 0.05) is 28.7 Å². The van der Waals surface area contributed by atoms with E-state index >= 15 is 0 Å². The van der Waals surface area contributed by atoms with E-state index in [9.17, 15) is 4.79 Å². The number of carbonyl (C=O) groups is 1. The van der Waals surface area contributed by atoms with Crippen LogP contribution >= 0.6 is 15.9 Å². The maximum absolute atomic E-state index is 12.8. The van der Waals surface area contributed by atoms with Crippen LogP contribution in [0.3, 0.4) is 0 Å². The number of aromatic nitrogens is 2. The molecule has 0 bridgehead atoms. The number of nitrogen functional groups attached to an aromatic ring is 2. The van der Waals surface area contributed by atoms with Gasteiger partial charge in [0.1, 0.15) is 11.4 Å². The van der Waals surface area contributed by atoms with Gasteiger partial charge in [0.05, 0.1) is 23.6 Å². The summed E-state index contributed by atoms with van der Waals surface area (Å²) in [7, 11) is 0. The van der Waals surface area contributed by atoms with E-state index < -0.39 is 0 Å². The molecule has 4 rings (SSSR count). The molecule has 0 spiro atoms. The minimum absolute atomic E-state index is 0.162. The lowest BCUT2D eigenvalue weighted by atomic mass is 10.1. The predicted octanol–water partition coefficient (Wildman–Crippen LogP) is 4.19. The summed E-state index contributed by atoms with van der Waals surface area (Å²) in [4.78, 5) is 21.2. The Morgan fingerprint density at radius 3 is 2.79 bits per heavy atom. The molecule has 0 atom stereocenters. The number of nitrogens with two attached hydrogens (primary N) is 2. The largest absolute Gasteiger partial charge is 0.451 e. The molecular formula is C21H18BrN5O2.